The summed E-state index contributed by atoms with van der Waals surface area (Å²) in [5.74, 6) is -0.508. The van der Waals surface area contributed by atoms with Crippen LogP contribution in [0.3, 0.4) is 0 Å². The largest absolute Gasteiger partial charge is 0.463 e. The number of carbonyl (C=O) groups is 1. The first-order chi connectivity index (χ1) is 9.13. The molecule has 0 bridgehead atoms. The van der Waals surface area contributed by atoms with Crippen LogP contribution in [0.2, 0.25) is 0 Å². The highest BCUT2D eigenvalue weighted by Gasteiger charge is 2.19. The predicted molar refractivity (Wildman–Crippen MR) is 73.3 cm³/mol. The summed E-state index contributed by atoms with van der Waals surface area (Å²) in [6, 6.07) is 3.29. The molecule has 0 radical (unpaired) electrons. The summed E-state index contributed by atoms with van der Waals surface area (Å²) in [4.78, 5) is 11.6. The summed E-state index contributed by atoms with van der Waals surface area (Å²) in [6.07, 6.45) is 4.99. The first kappa shape index (κ1) is 13.8. The first-order valence-electron chi connectivity index (χ1n) is 6.79. The maximum absolute atomic E-state index is 13.9. The highest BCUT2D eigenvalue weighted by molar-refractivity contribution is 5.92. The van der Waals surface area contributed by atoms with Gasteiger partial charge < -0.3 is 4.74 Å². The smallest absolute Gasteiger partial charge is 0.331 e. The summed E-state index contributed by atoms with van der Waals surface area (Å²) < 4.78 is 18.9. The molecule has 0 spiro atoms. The van der Waals surface area contributed by atoms with Crippen molar-refractivity contribution in [2.24, 2.45) is 0 Å². The Morgan fingerprint density at radius 3 is 2.84 bits per heavy atom. The van der Waals surface area contributed by atoms with Crippen LogP contribution in [0, 0.1) is 12.7 Å². The number of ether oxygens (including phenoxy) is 1. The quantitative estimate of drug-likeness (QED) is 0.460. The number of halogens is 1. The van der Waals surface area contributed by atoms with Crippen LogP contribution < -0.4 is 0 Å². The third-order valence-corrected chi connectivity index (χ3v) is 3.49. The van der Waals surface area contributed by atoms with Crippen LogP contribution in [0.5, 0.6) is 0 Å². The van der Waals surface area contributed by atoms with E-state index in [-0.39, 0.29) is 11.8 Å². The van der Waals surface area contributed by atoms with Crippen molar-refractivity contribution in [2.45, 2.75) is 39.5 Å². The molecule has 0 heterocycles. The lowest BCUT2D eigenvalue weighted by molar-refractivity contribution is -0.137. The fraction of sp³-hybridized carbons (Fsp3) is 0.438. The molecule has 1 aliphatic carbocycles. The zero-order chi connectivity index (χ0) is 13.8. The number of hydrogen-bond acceptors (Lipinski definition) is 2. The fourth-order valence-electron chi connectivity index (χ4n) is 2.64. The minimum atomic E-state index is -0.339. The van der Waals surface area contributed by atoms with E-state index in [0.717, 1.165) is 47.9 Å². The minimum Gasteiger partial charge on any atom is -0.463 e. The molecule has 102 valence electrons. The van der Waals surface area contributed by atoms with E-state index in [1.807, 2.05) is 6.92 Å². The highest BCUT2D eigenvalue weighted by Crippen LogP contribution is 2.33. The Kier molecular flexibility index (Phi) is 4.35. The zero-order valence-electron chi connectivity index (χ0n) is 11.5. The second kappa shape index (κ2) is 6.00. The van der Waals surface area contributed by atoms with E-state index in [1.165, 1.54) is 12.1 Å². The van der Waals surface area contributed by atoms with Gasteiger partial charge >= 0.3 is 5.97 Å². The van der Waals surface area contributed by atoms with Gasteiger partial charge in [-0.05, 0) is 67.9 Å². The van der Waals surface area contributed by atoms with Crippen LogP contribution in [-0.2, 0) is 16.0 Å². The van der Waals surface area contributed by atoms with Crippen molar-refractivity contribution in [3.63, 3.8) is 0 Å². The van der Waals surface area contributed by atoms with Gasteiger partial charge in [0.1, 0.15) is 5.82 Å². The Morgan fingerprint density at radius 2 is 2.11 bits per heavy atom. The zero-order valence-corrected chi connectivity index (χ0v) is 11.5. The normalized spacial score (nSPS) is 16.9. The monoisotopic (exact) mass is 262 g/mol. The molecule has 0 unspecified atom stereocenters. The van der Waals surface area contributed by atoms with Crippen LogP contribution in [0.15, 0.2) is 18.2 Å². The molecular formula is C16H19FO2. The number of fused-ring (bicyclic) bond motifs is 1. The van der Waals surface area contributed by atoms with Gasteiger partial charge in [-0.15, -0.1) is 0 Å². The molecule has 19 heavy (non-hydrogen) atoms. The molecule has 3 heteroatoms. The molecule has 0 N–H and O–H groups in total. The number of carbonyl (C=O) groups excluding carboxylic acids is 1. The Bertz CT molecular complexity index is 518. The van der Waals surface area contributed by atoms with E-state index < -0.39 is 0 Å². The molecule has 0 atom stereocenters. The number of esters is 1. The predicted octanol–water partition coefficient (Wildman–Crippen LogP) is 3.81. The molecule has 2 rings (SSSR count). The SMILES string of the molecule is CCOC(=O)/C=C1\CCCCc2c(F)ccc(C)c21. The summed E-state index contributed by atoms with van der Waals surface area (Å²) in [5, 5.41) is 0. The molecule has 0 saturated carbocycles. The molecule has 0 amide bonds. The van der Waals surface area contributed by atoms with Gasteiger partial charge in [0.25, 0.3) is 0 Å². The molecular weight excluding hydrogens is 243 g/mol. The van der Waals surface area contributed by atoms with Crippen molar-refractivity contribution in [1.29, 1.82) is 0 Å². The molecule has 1 aliphatic rings. The summed E-state index contributed by atoms with van der Waals surface area (Å²) in [7, 11) is 0. The third-order valence-electron chi connectivity index (χ3n) is 3.49. The van der Waals surface area contributed by atoms with Crippen molar-refractivity contribution < 1.29 is 13.9 Å². The summed E-state index contributed by atoms with van der Waals surface area (Å²) in [6.45, 7) is 4.10. The Labute approximate surface area is 113 Å². The van der Waals surface area contributed by atoms with Crippen LogP contribution in [0.4, 0.5) is 4.39 Å². The van der Waals surface area contributed by atoms with Gasteiger partial charge in [-0.3, -0.25) is 0 Å². The third kappa shape index (κ3) is 3.03. The lowest BCUT2D eigenvalue weighted by Crippen LogP contribution is -2.03. The molecule has 2 nitrogen and oxygen atoms in total. The average molecular weight is 262 g/mol. The number of aryl methyl sites for hydroxylation is 1. The van der Waals surface area contributed by atoms with E-state index >= 15 is 0 Å². The van der Waals surface area contributed by atoms with E-state index in [1.54, 1.807) is 13.0 Å². The van der Waals surface area contributed by atoms with Crippen LogP contribution in [0.1, 0.15) is 42.9 Å². The molecule has 1 aromatic rings. The topological polar surface area (TPSA) is 26.3 Å². The maximum atomic E-state index is 13.9. The number of allylic oxidation sites excluding steroid dienone is 1. The van der Waals surface area contributed by atoms with Gasteiger partial charge in [0.05, 0.1) is 6.61 Å². The summed E-state index contributed by atoms with van der Waals surface area (Å²) >= 11 is 0. The standard InChI is InChI=1S/C16H19FO2/c1-3-19-15(18)10-12-6-4-5-7-13-14(17)9-8-11(2)16(12)13/h8-10H,3-7H2,1-2H3/b12-10+. The van der Waals surface area contributed by atoms with Gasteiger partial charge in [-0.25, -0.2) is 9.18 Å². The molecule has 0 fully saturated rings. The second-order valence-corrected chi connectivity index (χ2v) is 4.85. The van der Waals surface area contributed by atoms with Gasteiger partial charge in [0.2, 0.25) is 0 Å². The van der Waals surface area contributed by atoms with Crippen molar-refractivity contribution in [2.75, 3.05) is 6.61 Å². The van der Waals surface area contributed by atoms with E-state index in [0.29, 0.717) is 6.61 Å². The van der Waals surface area contributed by atoms with Crippen LogP contribution in [0.25, 0.3) is 5.57 Å². The second-order valence-electron chi connectivity index (χ2n) is 4.85. The molecule has 0 saturated heterocycles. The Balaban J connectivity index is 2.48. The van der Waals surface area contributed by atoms with E-state index in [9.17, 15) is 9.18 Å². The van der Waals surface area contributed by atoms with Crippen molar-refractivity contribution in [3.05, 3.63) is 40.7 Å². The number of rotatable bonds is 2. The van der Waals surface area contributed by atoms with Crippen LogP contribution in [-0.4, -0.2) is 12.6 Å². The molecule has 0 aliphatic heterocycles. The molecule has 1 aromatic carbocycles. The van der Waals surface area contributed by atoms with Gasteiger partial charge in [-0.1, -0.05) is 6.07 Å². The highest BCUT2D eigenvalue weighted by atomic mass is 19.1. The van der Waals surface area contributed by atoms with Crippen molar-refractivity contribution in [3.8, 4) is 0 Å². The van der Waals surface area contributed by atoms with Crippen LogP contribution >= 0.6 is 0 Å². The van der Waals surface area contributed by atoms with E-state index in [2.05, 4.69) is 0 Å². The Morgan fingerprint density at radius 1 is 1.37 bits per heavy atom. The average Bonchev–Trinajstić information content (AvgIpc) is 2.58. The van der Waals surface area contributed by atoms with Gasteiger partial charge in [-0.2, -0.15) is 0 Å². The van der Waals surface area contributed by atoms with E-state index in [4.69, 9.17) is 4.74 Å². The Hall–Kier alpha value is -1.64. The number of hydrogen-bond donors (Lipinski definition) is 0. The fourth-order valence-corrected chi connectivity index (χ4v) is 2.64. The van der Waals surface area contributed by atoms with Gasteiger partial charge in [0, 0.05) is 6.08 Å². The minimum absolute atomic E-state index is 0.169. The van der Waals surface area contributed by atoms with Crippen molar-refractivity contribution >= 4 is 11.5 Å². The number of benzene rings is 1. The maximum Gasteiger partial charge on any atom is 0.331 e. The van der Waals surface area contributed by atoms with Crippen molar-refractivity contribution in [1.82, 2.24) is 0 Å². The molecule has 0 aromatic heterocycles. The lowest BCUT2D eigenvalue weighted by atomic mass is 9.93. The lowest BCUT2D eigenvalue weighted by Gasteiger charge is -2.13. The summed E-state index contributed by atoms with van der Waals surface area (Å²) in [5.41, 5.74) is 3.58. The van der Waals surface area contributed by atoms with Gasteiger partial charge in [0.15, 0.2) is 0 Å². The first-order valence-corrected chi connectivity index (χ1v) is 6.79.